The number of carbonyl (C=O) groups excluding carboxylic acids is 1. The van der Waals surface area contributed by atoms with Crippen molar-refractivity contribution in [3.8, 4) is 23.1 Å². The van der Waals surface area contributed by atoms with Crippen LogP contribution in [-0.4, -0.2) is 58.8 Å². The van der Waals surface area contributed by atoms with Crippen LogP contribution in [-0.2, 0) is 0 Å². The van der Waals surface area contributed by atoms with Gasteiger partial charge in [-0.05, 0) is 28.4 Å². The van der Waals surface area contributed by atoms with E-state index in [4.69, 9.17) is 19.9 Å². The molecule has 0 saturated heterocycles. The number of nitrogens with two attached hydrogens (primary N) is 1. The fourth-order valence-corrected chi connectivity index (χ4v) is 2.90. The first-order valence-electron chi connectivity index (χ1n) is 9.09. The number of nitrogens with zero attached hydrogens (tertiary/aromatic N) is 6. The van der Waals surface area contributed by atoms with Crippen molar-refractivity contribution in [3.63, 3.8) is 0 Å². The molecule has 0 aliphatic rings. The highest BCUT2D eigenvalue weighted by Crippen LogP contribution is 2.38. The molecular weight excluding hydrogens is 408 g/mol. The van der Waals surface area contributed by atoms with E-state index in [-0.39, 0.29) is 23.2 Å². The molecule has 0 unspecified atom stereocenters. The van der Waals surface area contributed by atoms with Crippen molar-refractivity contribution in [2.75, 3.05) is 27.1 Å². The summed E-state index contributed by atoms with van der Waals surface area (Å²) in [5.74, 6) is 0.778. The van der Waals surface area contributed by atoms with Crippen molar-refractivity contribution in [3.05, 3.63) is 29.1 Å². The summed E-state index contributed by atoms with van der Waals surface area (Å²) in [4.78, 5) is 12.7. The Balaban J connectivity index is 1.86. The molecule has 13 nitrogen and oxygen atoms in total. The number of benzene rings is 1. The second-order valence-electron chi connectivity index (χ2n) is 6.49. The molecule has 0 saturated carbocycles. The van der Waals surface area contributed by atoms with E-state index in [0.29, 0.717) is 28.5 Å². The minimum Gasteiger partial charge on any atom is -0.493 e. The number of carbonyl (C=O) groups is 1. The maximum Gasteiger partial charge on any atom is 0.293 e. The van der Waals surface area contributed by atoms with Crippen molar-refractivity contribution in [1.29, 1.82) is 0 Å². The summed E-state index contributed by atoms with van der Waals surface area (Å²) in [7, 11) is 4.51. The molecular formula is C18H22N8O5. The second kappa shape index (κ2) is 9.11. The lowest BCUT2D eigenvalue weighted by atomic mass is 10.1. The Morgan fingerprint density at radius 2 is 1.94 bits per heavy atom. The zero-order chi connectivity index (χ0) is 22.5. The highest BCUT2D eigenvalue weighted by atomic mass is 16.6. The molecule has 3 rings (SSSR count). The van der Waals surface area contributed by atoms with E-state index < -0.39 is 5.91 Å². The lowest BCUT2D eigenvalue weighted by molar-refractivity contribution is 0.0948. The summed E-state index contributed by atoms with van der Waals surface area (Å²) < 4.78 is 21.9. The third kappa shape index (κ3) is 4.10. The van der Waals surface area contributed by atoms with Gasteiger partial charge in [-0.1, -0.05) is 19.1 Å². The van der Waals surface area contributed by atoms with E-state index >= 15 is 0 Å². The first-order valence-corrected chi connectivity index (χ1v) is 9.09. The van der Waals surface area contributed by atoms with Crippen LogP contribution in [0.1, 0.15) is 41.5 Å². The number of hydrogen-bond donors (Lipinski definition) is 2. The second-order valence-corrected chi connectivity index (χ2v) is 6.49. The average Bonchev–Trinajstić information content (AvgIpc) is 3.38. The predicted octanol–water partition coefficient (Wildman–Crippen LogP) is 1.15. The first kappa shape index (κ1) is 21.5. The van der Waals surface area contributed by atoms with Gasteiger partial charge in [-0.3, -0.25) is 4.79 Å². The molecule has 0 spiro atoms. The van der Waals surface area contributed by atoms with Crippen LogP contribution in [0.25, 0.3) is 5.82 Å². The minimum absolute atomic E-state index is 0.0253. The van der Waals surface area contributed by atoms with E-state index in [1.807, 2.05) is 13.8 Å². The number of aromatic nitrogens is 5. The van der Waals surface area contributed by atoms with Gasteiger partial charge in [0.2, 0.25) is 17.4 Å². The fraction of sp³-hybridized carbons (Fsp3) is 0.333. The van der Waals surface area contributed by atoms with E-state index in [1.165, 1.54) is 32.2 Å². The van der Waals surface area contributed by atoms with Gasteiger partial charge in [-0.2, -0.15) is 9.78 Å². The van der Waals surface area contributed by atoms with Gasteiger partial charge < -0.3 is 19.9 Å². The van der Waals surface area contributed by atoms with Crippen LogP contribution in [0, 0.1) is 0 Å². The Kier molecular flexibility index (Phi) is 6.33. The maximum absolute atomic E-state index is 12.7. The molecule has 0 aliphatic carbocycles. The average molecular weight is 430 g/mol. The van der Waals surface area contributed by atoms with E-state index in [2.05, 4.69) is 35.8 Å². The molecule has 0 radical (unpaired) electrons. The Morgan fingerprint density at radius 3 is 2.52 bits per heavy atom. The van der Waals surface area contributed by atoms with Crippen molar-refractivity contribution in [2.45, 2.75) is 19.8 Å². The van der Waals surface area contributed by atoms with Crippen LogP contribution in [0.3, 0.4) is 0 Å². The molecule has 3 aromatic rings. The van der Waals surface area contributed by atoms with E-state index in [9.17, 15) is 4.79 Å². The molecule has 1 aromatic carbocycles. The number of rotatable bonds is 8. The lowest BCUT2D eigenvalue weighted by Crippen LogP contribution is -2.21. The van der Waals surface area contributed by atoms with Gasteiger partial charge >= 0.3 is 0 Å². The fourth-order valence-electron chi connectivity index (χ4n) is 2.90. The van der Waals surface area contributed by atoms with Crippen molar-refractivity contribution in [2.24, 2.45) is 5.10 Å². The molecule has 2 heterocycles. The largest absolute Gasteiger partial charge is 0.493 e. The Hall–Kier alpha value is -4.16. The molecule has 164 valence electrons. The van der Waals surface area contributed by atoms with Crippen LogP contribution in [0.2, 0.25) is 0 Å². The number of methoxy groups -OCH3 is 3. The lowest BCUT2D eigenvalue weighted by Gasteiger charge is -2.13. The number of amides is 1. The van der Waals surface area contributed by atoms with Gasteiger partial charge in [0, 0.05) is 5.56 Å². The van der Waals surface area contributed by atoms with Gasteiger partial charge in [-0.25, -0.2) is 10.1 Å². The highest BCUT2D eigenvalue weighted by Gasteiger charge is 2.25. The highest BCUT2D eigenvalue weighted by molar-refractivity contribution is 5.94. The van der Waals surface area contributed by atoms with Crippen molar-refractivity contribution < 1.29 is 23.6 Å². The number of hydrogen-bond acceptors (Lipinski definition) is 11. The summed E-state index contributed by atoms with van der Waals surface area (Å²) >= 11 is 0. The first-order chi connectivity index (χ1) is 14.9. The van der Waals surface area contributed by atoms with Crippen LogP contribution >= 0.6 is 0 Å². The summed E-state index contributed by atoms with van der Waals surface area (Å²) in [5.41, 5.74) is 9.26. The molecule has 0 atom stereocenters. The number of ether oxygens (including phenoxy) is 3. The minimum atomic E-state index is -0.569. The topological polar surface area (TPSA) is 165 Å². The van der Waals surface area contributed by atoms with Crippen LogP contribution in [0.5, 0.6) is 17.2 Å². The van der Waals surface area contributed by atoms with Crippen LogP contribution < -0.4 is 25.4 Å². The summed E-state index contributed by atoms with van der Waals surface area (Å²) in [6.45, 7) is 3.74. The third-order valence-corrected chi connectivity index (χ3v) is 4.27. The zero-order valence-electron chi connectivity index (χ0n) is 17.6. The zero-order valence-corrected chi connectivity index (χ0v) is 17.6. The normalized spacial score (nSPS) is 11.2. The van der Waals surface area contributed by atoms with E-state index in [1.54, 1.807) is 12.1 Å². The summed E-state index contributed by atoms with van der Waals surface area (Å²) in [6.07, 6.45) is 1.41. The van der Waals surface area contributed by atoms with E-state index in [0.717, 1.165) is 0 Å². The predicted molar refractivity (Wildman–Crippen MR) is 109 cm³/mol. The van der Waals surface area contributed by atoms with Crippen molar-refractivity contribution in [1.82, 2.24) is 30.7 Å². The number of anilines is 1. The molecule has 0 fully saturated rings. The number of hydrazone groups is 1. The summed E-state index contributed by atoms with van der Waals surface area (Å²) in [5, 5.41) is 19.1. The molecule has 2 aromatic heterocycles. The molecule has 1 amide bonds. The third-order valence-electron chi connectivity index (χ3n) is 4.27. The van der Waals surface area contributed by atoms with Gasteiger partial charge in [0.25, 0.3) is 5.91 Å². The molecule has 0 aliphatic heterocycles. The molecule has 3 N–H and O–H groups in total. The van der Waals surface area contributed by atoms with Gasteiger partial charge in [0.15, 0.2) is 17.2 Å². The summed E-state index contributed by atoms with van der Waals surface area (Å²) in [6, 6.07) is 3.41. The Labute approximate surface area is 177 Å². The maximum atomic E-state index is 12.7. The number of nitrogens with one attached hydrogen (secondary N) is 1. The standard InChI is InChI=1S/C18H22N8O5/c1-9(2)13-12(21-25-26(13)17-16(19)23-31-24-17)18(27)22-20-8-10-6-7-11(28-3)15(30-5)14(10)29-4/h6-9H,1-5H3,(H2,19,23)(H,22,27). The monoisotopic (exact) mass is 430 g/mol. The van der Waals surface area contributed by atoms with Gasteiger partial charge in [0.05, 0.1) is 33.2 Å². The molecule has 31 heavy (non-hydrogen) atoms. The van der Waals surface area contributed by atoms with Crippen molar-refractivity contribution >= 4 is 17.9 Å². The Morgan fingerprint density at radius 1 is 1.19 bits per heavy atom. The smallest absolute Gasteiger partial charge is 0.293 e. The van der Waals surface area contributed by atoms with Gasteiger partial charge in [0.1, 0.15) is 0 Å². The van der Waals surface area contributed by atoms with Crippen LogP contribution in [0.4, 0.5) is 5.82 Å². The van der Waals surface area contributed by atoms with Crippen LogP contribution in [0.15, 0.2) is 21.9 Å². The molecule has 13 heteroatoms. The molecule has 0 bridgehead atoms. The number of nitrogen functional groups attached to an aromatic ring is 1. The Bertz CT molecular complexity index is 1100. The quantitative estimate of drug-likeness (QED) is 0.391. The van der Waals surface area contributed by atoms with Gasteiger partial charge in [-0.15, -0.1) is 5.10 Å². The SMILES string of the molecule is COc1ccc(C=NNC(=O)c2nnn(-c3nonc3N)c2C(C)C)c(OC)c1OC.